The quantitative estimate of drug-likeness (QED) is 0.687. The van der Waals surface area contributed by atoms with Crippen molar-refractivity contribution in [3.63, 3.8) is 0 Å². The molecule has 1 aromatic carbocycles. The zero-order chi connectivity index (χ0) is 11.7. The fraction of sp³-hybridized carbons (Fsp3) is 0. The Balaban J connectivity index is 2.39. The maximum Gasteiger partial charge on any atom is 0.207 e. The van der Waals surface area contributed by atoms with Crippen molar-refractivity contribution in [2.45, 2.75) is 0 Å². The van der Waals surface area contributed by atoms with Crippen LogP contribution < -0.4 is 5.43 Å². The summed E-state index contributed by atoms with van der Waals surface area (Å²) in [6.45, 7) is 0. The minimum atomic E-state index is -0.0588. The number of benzene rings is 1. The number of nitrogens with one attached hydrogen (secondary N) is 1. The van der Waals surface area contributed by atoms with E-state index in [2.05, 4.69) is 9.97 Å². The molecular formula is C14H10N2O. The van der Waals surface area contributed by atoms with Crippen LogP contribution in [0.4, 0.5) is 0 Å². The van der Waals surface area contributed by atoms with Gasteiger partial charge >= 0.3 is 0 Å². The third-order valence-electron chi connectivity index (χ3n) is 2.73. The summed E-state index contributed by atoms with van der Waals surface area (Å²) in [5.41, 5.74) is 3.27. The Morgan fingerprint density at radius 3 is 2.65 bits per heavy atom. The third kappa shape index (κ3) is 1.61. The van der Waals surface area contributed by atoms with Crippen molar-refractivity contribution in [1.29, 1.82) is 0 Å². The van der Waals surface area contributed by atoms with Gasteiger partial charge in [-0.3, -0.25) is 9.78 Å². The van der Waals surface area contributed by atoms with Crippen molar-refractivity contribution in [2.24, 2.45) is 0 Å². The topological polar surface area (TPSA) is 45.8 Å². The fourth-order valence-corrected chi connectivity index (χ4v) is 1.93. The molecule has 1 N–H and O–H groups in total. The number of pyridine rings is 2. The summed E-state index contributed by atoms with van der Waals surface area (Å²) < 4.78 is 0. The van der Waals surface area contributed by atoms with Gasteiger partial charge in [0.25, 0.3) is 0 Å². The van der Waals surface area contributed by atoms with Gasteiger partial charge in [-0.15, -0.1) is 0 Å². The normalized spacial score (nSPS) is 10.6. The predicted octanol–water partition coefficient (Wildman–Crippen LogP) is 2.59. The minimum Gasteiger partial charge on any atom is -0.359 e. The van der Waals surface area contributed by atoms with E-state index in [1.54, 1.807) is 12.4 Å². The van der Waals surface area contributed by atoms with Gasteiger partial charge in [-0.05, 0) is 11.6 Å². The average molecular weight is 222 g/mol. The zero-order valence-corrected chi connectivity index (χ0v) is 9.05. The molecule has 0 aliphatic heterocycles. The summed E-state index contributed by atoms with van der Waals surface area (Å²) in [6.07, 6.45) is 3.32. The van der Waals surface area contributed by atoms with Crippen LogP contribution in [-0.4, -0.2) is 9.97 Å². The van der Waals surface area contributed by atoms with Crippen LogP contribution in [0.15, 0.2) is 59.7 Å². The third-order valence-corrected chi connectivity index (χ3v) is 2.73. The summed E-state index contributed by atoms with van der Waals surface area (Å²) in [6, 6.07) is 13.3. The van der Waals surface area contributed by atoms with Crippen molar-refractivity contribution < 1.29 is 0 Å². The number of aromatic nitrogens is 2. The van der Waals surface area contributed by atoms with E-state index in [1.807, 2.05) is 36.4 Å². The van der Waals surface area contributed by atoms with Crippen LogP contribution in [-0.2, 0) is 0 Å². The second kappa shape index (κ2) is 3.87. The summed E-state index contributed by atoms with van der Waals surface area (Å²) in [4.78, 5) is 18.9. The van der Waals surface area contributed by atoms with Crippen LogP contribution in [0.1, 0.15) is 0 Å². The Morgan fingerprint density at radius 1 is 1.00 bits per heavy atom. The molecule has 0 saturated carbocycles. The summed E-state index contributed by atoms with van der Waals surface area (Å²) in [5, 5.41) is 0. The van der Waals surface area contributed by atoms with E-state index in [4.69, 9.17) is 0 Å². The number of aromatic amines is 1. The van der Waals surface area contributed by atoms with E-state index in [-0.39, 0.29) is 5.43 Å². The van der Waals surface area contributed by atoms with Crippen molar-refractivity contribution in [3.8, 4) is 11.1 Å². The standard InChI is InChI=1S/C14H10N2O/c17-12-7-9-15-13-11(6-8-16-14(12)13)10-4-2-1-3-5-10/h1-9H,(H,15,17). The molecule has 0 unspecified atom stereocenters. The highest BCUT2D eigenvalue weighted by Crippen LogP contribution is 2.23. The molecule has 3 aromatic rings. The van der Waals surface area contributed by atoms with Crippen molar-refractivity contribution in [3.05, 3.63) is 65.1 Å². The van der Waals surface area contributed by atoms with Gasteiger partial charge < -0.3 is 4.98 Å². The highest BCUT2D eigenvalue weighted by atomic mass is 16.1. The predicted molar refractivity (Wildman–Crippen MR) is 67.8 cm³/mol. The monoisotopic (exact) mass is 222 g/mol. The van der Waals surface area contributed by atoms with Gasteiger partial charge in [0.1, 0.15) is 5.52 Å². The second-order valence-electron chi connectivity index (χ2n) is 3.79. The largest absolute Gasteiger partial charge is 0.359 e. The maximum atomic E-state index is 11.7. The lowest BCUT2D eigenvalue weighted by Gasteiger charge is -2.05. The molecule has 0 fully saturated rings. The van der Waals surface area contributed by atoms with E-state index < -0.39 is 0 Å². The molecule has 0 aliphatic carbocycles. The Hall–Kier alpha value is -2.42. The number of hydrogen-bond donors (Lipinski definition) is 1. The molecule has 0 saturated heterocycles. The molecule has 0 radical (unpaired) electrons. The number of H-pyrrole nitrogens is 1. The fourth-order valence-electron chi connectivity index (χ4n) is 1.93. The molecule has 3 rings (SSSR count). The smallest absolute Gasteiger partial charge is 0.207 e. The van der Waals surface area contributed by atoms with Gasteiger partial charge in [0.05, 0.1) is 5.52 Å². The Labute approximate surface area is 97.8 Å². The summed E-state index contributed by atoms with van der Waals surface area (Å²) >= 11 is 0. The first-order valence-corrected chi connectivity index (χ1v) is 5.38. The molecule has 0 bridgehead atoms. The lowest BCUT2D eigenvalue weighted by Crippen LogP contribution is -2.02. The van der Waals surface area contributed by atoms with Crippen LogP contribution in [0.2, 0.25) is 0 Å². The molecule has 0 atom stereocenters. The van der Waals surface area contributed by atoms with E-state index >= 15 is 0 Å². The first-order chi connectivity index (χ1) is 8.36. The van der Waals surface area contributed by atoms with Gasteiger partial charge in [0.15, 0.2) is 0 Å². The lowest BCUT2D eigenvalue weighted by atomic mass is 10.1. The van der Waals surface area contributed by atoms with Crippen LogP contribution in [0.3, 0.4) is 0 Å². The van der Waals surface area contributed by atoms with Gasteiger partial charge in [-0.2, -0.15) is 0 Å². The van der Waals surface area contributed by atoms with Crippen LogP contribution in [0.25, 0.3) is 22.2 Å². The van der Waals surface area contributed by atoms with E-state index in [0.717, 1.165) is 16.6 Å². The molecule has 82 valence electrons. The first kappa shape index (κ1) is 9.78. The van der Waals surface area contributed by atoms with Gasteiger partial charge in [0, 0.05) is 24.0 Å². The lowest BCUT2D eigenvalue weighted by molar-refractivity contribution is 1.31. The Morgan fingerprint density at radius 2 is 1.82 bits per heavy atom. The zero-order valence-electron chi connectivity index (χ0n) is 9.05. The molecule has 2 heterocycles. The number of rotatable bonds is 1. The Bertz CT molecular complexity index is 717. The molecular weight excluding hydrogens is 212 g/mol. The van der Waals surface area contributed by atoms with Crippen LogP contribution in [0.5, 0.6) is 0 Å². The molecule has 2 aromatic heterocycles. The number of nitrogens with zero attached hydrogens (tertiary/aromatic N) is 1. The van der Waals surface area contributed by atoms with E-state index in [1.165, 1.54) is 6.07 Å². The Kier molecular flexibility index (Phi) is 2.22. The highest BCUT2D eigenvalue weighted by molar-refractivity contribution is 5.90. The van der Waals surface area contributed by atoms with Crippen LogP contribution >= 0.6 is 0 Å². The SMILES string of the molecule is O=c1cc[nH]c2c(-c3ccccc3)ccnc12. The summed E-state index contributed by atoms with van der Waals surface area (Å²) in [5.74, 6) is 0. The van der Waals surface area contributed by atoms with Crippen molar-refractivity contribution in [2.75, 3.05) is 0 Å². The number of fused-ring (bicyclic) bond motifs is 1. The minimum absolute atomic E-state index is 0.0588. The van der Waals surface area contributed by atoms with Crippen LogP contribution in [0, 0.1) is 0 Å². The molecule has 0 aliphatic rings. The van der Waals surface area contributed by atoms with E-state index in [0.29, 0.717) is 5.52 Å². The van der Waals surface area contributed by atoms with Gasteiger partial charge in [-0.25, -0.2) is 0 Å². The molecule has 0 spiro atoms. The maximum absolute atomic E-state index is 11.7. The second-order valence-corrected chi connectivity index (χ2v) is 3.79. The summed E-state index contributed by atoms with van der Waals surface area (Å²) in [7, 11) is 0. The van der Waals surface area contributed by atoms with E-state index in [9.17, 15) is 4.79 Å². The first-order valence-electron chi connectivity index (χ1n) is 5.38. The molecule has 3 nitrogen and oxygen atoms in total. The number of hydrogen-bond acceptors (Lipinski definition) is 2. The average Bonchev–Trinajstić information content (AvgIpc) is 2.40. The van der Waals surface area contributed by atoms with Crippen molar-refractivity contribution >= 4 is 11.0 Å². The molecule has 17 heavy (non-hydrogen) atoms. The molecule has 3 heteroatoms. The van der Waals surface area contributed by atoms with Crippen molar-refractivity contribution in [1.82, 2.24) is 9.97 Å². The molecule has 0 amide bonds. The highest BCUT2D eigenvalue weighted by Gasteiger charge is 2.05. The van der Waals surface area contributed by atoms with Gasteiger partial charge in [0.2, 0.25) is 5.43 Å². The van der Waals surface area contributed by atoms with Gasteiger partial charge in [-0.1, -0.05) is 30.3 Å².